The summed E-state index contributed by atoms with van der Waals surface area (Å²) in [5, 5.41) is 3.74. The lowest BCUT2D eigenvalue weighted by Crippen LogP contribution is -2.36. The van der Waals surface area contributed by atoms with Crippen molar-refractivity contribution in [1.82, 2.24) is 14.4 Å². The first kappa shape index (κ1) is 16.8. The fourth-order valence-electron chi connectivity index (χ4n) is 3.31. The monoisotopic (exact) mass is 302 g/mol. The molecule has 0 spiro atoms. The lowest BCUT2D eigenvalue weighted by molar-refractivity contribution is 0.301. The average Bonchev–Trinajstić information content (AvgIpc) is 2.63. The molecular formula is C18H30N4. The molecule has 0 radical (unpaired) electrons. The summed E-state index contributed by atoms with van der Waals surface area (Å²) in [6, 6.07) is 0. The summed E-state index contributed by atoms with van der Waals surface area (Å²) >= 11 is 0. The Morgan fingerprint density at radius 3 is 2.45 bits per heavy atom. The van der Waals surface area contributed by atoms with E-state index in [1.54, 1.807) is 0 Å². The second-order valence-corrected chi connectivity index (χ2v) is 8.56. The topological polar surface area (TPSA) is 42.2 Å². The highest BCUT2D eigenvalue weighted by atomic mass is 15.2. The van der Waals surface area contributed by atoms with Crippen molar-refractivity contribution in [2.75, 3.05) is 5.32 Å². The molecule has 122 valence electrons. The summed E-state index contributed by atoms with van der Waals surface area (Å²) in [4.78, 5) is 8.96. The molecule has 0 aromatic carbocycles. The molecule has 0 saturated heterocycles. The van der Waals surface area contributed by atoms with E-state index >= 15 is 0 Å². The van der Waals surface area contributed by atoms with Crippen LogP contribution < -0.4 is 5.32 Å². The van der Waals surface area contributed by atoms with Gasteiger partial charge >= 0.3 is 0 Å². The second-order valence-electron chi connectivity index (χ2n) is 8.56. The van der Waals surface area contributed by atoms with Gasteiger partial charge in [-0.15, -0.1) is 0 Å². The first-order chi connectivity index (χ1) is 10.1. The predicted octanol–water partition coefficient (Wildman–Crippen LogP) is 4.55. The summed E-state index contributed by atoms with van der Waals surface area (Å²) in [7, 11) is 0. The number of imidazole rings is 1. The van der Waals surface area contributed by atoms with Gasteiger partial charge in [-0.25, -0.2) is 4.98 Å². The molecule has 0 atom stereocenters. The average molecular weight is 302 g/mol. The van der Waals surface area contributed by atoms with Crippen LogP contribution in [0.4, 0.5) is 5.82 Å². The summed E-state index contributed by atoms with van der Waals surface area (Å²) in [5.74, 6) is 1.68. The van der Waals surface area contributed by atoms with Crippen LogP contribution in [0.5, 0.6) is 0 Å². The molecule has 0 aliphatic carbocycles. The SMILES string of the molecule is CC(C)Cc1nc2cnccn2c1NC(C)(C)CC(C)(C)C. The minimum absolute atomic E-state index is 0.00319. The van der Waals surface area contributed by atoms with Gasteiger partial charge in [0, 0.05) is 17.9 Å². The van der Waals surface area contributed by atoms with Crippen molar-refractivity contribution in [3.63, 3.8) is 0 Å². The molecule has 4 heteroatoms. The molecule has 0 unspecified atom stereocenters. The minimum Gasteiger partial charge on any atom is -0.365 e. The number of fused-ring (bicyclic) bond motifs is 1. The third-order valence-electron chi connectivity index (χ3n) is 3.53. The summed E-state index contributed by atoms with van der Waals surface area (Å²) in [5.41, 5.74) is 2.32. The molecule has 2 heterocycles. The van der Waals surface area contributed by atoms with E-state index in [1.165, 1.54) is 0 Å². The van der Waals surface area contributed by atoms with E-state index in [9.17, 15) is 0 Å². The number of nitrogens with one attached hydrogen (secondary N) is 1. The molecule has 2 aromatic heterocycles. The van der Waals surface area contributed by atoms with Crippen LogP contribution in [0.2, 0.25) is 0 Å². The van der Waals surface area contributed by atoms with Gasteiger partial charge in [0.15, 0.2) is 5.65 Å². The van der Waals surface area contributed by atoms with Crippen LogP contribution in [-0.2, 0) is 6.42 Å². The lowest BCUT2D eigenvalue weighted by Gasteiger charge is -2.34. The van der Waals surface area contributed by atoms with E-state index in [4.69, 9.17) is 4.98 Å². The standard InChI is InChI=1S/C18H30N4/c1-13(2)10-14-16(21-18(6,7)12-17(3,4)5)22-9-8-19-11-15(22)20-14/h8-9,11,13,21H,10,12H2,1-7H3. The molecule has 2 rings (SSSR count). The lowest BCUT2D eigenvalue weighted by atomic mass is 9.82. The highest BCUT2D eigenvalue weighted by molar-refractivity contribution is 5.55. The van der Waals surface area contributed by atoms with Crippen molar-refractivity contribution in [2.45, 2.75) is 66.8 Å². The molecule has 0 aliphatic rings. The van der Waals surface area contributed by atoms with Crippen molar-refractivity contribution in [1.29, 1.82) is 0 Å². The van der Waals surface area contributed by atoms with Crippen LogP contribution in [0.3, 0.4) is 0 Å². The number of nitrogens with zero attached hydrogens (tertiary/aromatic N) is 3. The van der Waals surface area contributed by atoms with E-state index in [0.717, 1.165) is 30.0 Å². The van der Waals surface area contributed by atoms with Crippen molar-refractivity contribution < 1.29 is 0 Å². The van der Waals surface area contributed by atoms with E-state index in [0.29, 0.717) is 5.92 Å². The van der Waals surface area contributed by atoms with Gasteiger partial charge in [0.1, 0.15) is 5.82 Å². The maximum absolute atomic E-state index is 4.77. The number of aromatic nitrogens is 3. The summed E-state index contributed by atoms with van der Waals surface area (Å²) in [6.45, 7) is 15.8. The van der Waals surface area contributed by atoms with Gasteiger partial charge in [0.2, 0.25) is 0 Å². The zero-order valence-electron chi connectivity index (χ0n) is 15.1. The third kappa shape index (κ3) is 4.21. The number of rotatable bonds is 5. The van der Waals surface area contributed by atoms with E-state index in [1.807, 2.05) is 18.6 Å². The molecule has 0 bridgehead atoms. The largest absolute Gasteiger partial charge is 0.365 e. The second kappa shape index (κ2) is 5.90. The first-order valence-corrected chi connectivity index (χ1v) is 8.16. The minimum atomic E-state index is 0.00319. The van der Waals surface area contributed by atoms with Crippen LogP contribution in [0.15, 0.2) is 18.6 Å². The van der Waals surface area contributed by atoms with Crippen LogP contribution in [0.1, 0.15) is 60.6 Å². The van der Waals surface area contributed by atoms with Crippen LogP contribution >= 0.6 is 0 Å². The fourth-order valence-corrected chi connectivity index (χ4v) is 3.31. The first-order valence-electron chi connectivity index (χ1n) is 8.16. The van der Waals surface area contributed by atoms with Crippen LogP contribution in [0.25, 0.3) is 5.65 Å². The van der Waals surface area contributed by atoms with E-state index in [2.05, 4.69) is 63.2 Å². The Morgan fingerprint density at radius 2 is 1.86 bits per heavy atom. The Bertz CT molecular complexity index is 632. The Balaban J connectivity index is 2.40. The van der Waals surface area contributed by atoms with Crippen molar-refractivity contribution >= 4 is 11.5 Å². The maximum atomic E-state index is 4.77. The van der Waals surface area contributed by atoms with Gasteiger partial charge in [-0.05, 0) is 38.0 Å². The van der Waals surface area contributed by atoms with Gasteiger partial charge in [-0.2, -0.15) is 0 Å². The quantitative estimate of drug-likeness (QED) is 0.880. The Morgan fingerprint density at radius 1 is 1.18 bits per heavy atom. The number of hydrogen-bond acceptors (Lipinski definition) is 3. The predicted molar refractivity (Wildman–Crippen MR) is 93.3 cm³/mol. The van der Waals surface area contributed by atoms with E-state index in [-0.39, 0.29) is 11.0 Å². The smallest absolute Gasteiger partial charge is 0.157 e. The molecule has 1 N–H and O–H groups in total. The van der Waals surface area contributed by atoms with Crippen LogP contribution in [0, 0.1) is 11.3 Å². The van der Waals surface area contributed by atoms with Gasteiger partial charge < -0.3 is 5.32 Å². The summed E-state index contributed by atoms with van der Waals surface area (Å²) < 4.78 is 2.12. The molecule has 2 aromatic rings. The highest BCUT2D eigenvalue weighted by Crippen LogP contribution is 2.31. The molecular weight excluding hydrogens is 272 g/mol. The van der Waals surface area contributed by atoms with Crippen molar-refractivity contribution in [3.8, 4) is 0 Å². The summed E-state index contributed by atoms with van der Waals surface area (Å²) in [6.07, 6.45) is 7.68. The van der Waals surface area contributed by atoms with Crippen molar-refractivity contribution in [2.24, 2.45) is 11.3 Å². The zero-order valence-corrected chi connectivity index (χ0v) is 15.1. The zero-order chi connectivity index (χ0) is 16.5. The number of anilines is 1. The van der Waals surface area contributed by atoms with Gasteiger partial charge in [-0.1, -0.05) is 34.6 Å². The maximum Gasteiger partial charge on any atom is 0.157 e. The third-order valence-corrected chi connectivity index (χ3v) is 3.53. The Hall–Kier alpha value is -1.58. The normalized spacial score (nSPS) is 13.1. The number of hydrogen-bond donors (Lipinski definition) is 1. The molecule has 0 amide bonds. The van der Waals surface area contributed by atoms with Crippen LogP contribution in [-0.4, -0.2) is 19.9 Å². The molecule has 0 saturated carbocycles. The Kier molecular flexibility index (Phi) is 4.50. The van der Waals surface area contributed by atoms with Gasteiger partial charge in [0.25, 0.3) is 0 Å². The fraction of sp³-hybridized carbons (Fsp3) is 0.667. The van der Waals surface area contributed by atoms with Crippen molar-refractivity contribution in [3.05, 3.63) is 24.3 Å². The molecule has 0 fully saturated rings. The van der Waals surface area contributed by atoms with E-state index < -0.39 is 0 Å². The molecule has 0 aliphatic heterocycles. The highest BCUT2D eigenvalue weighted by Gasteiger charge is 2.27. The van der Waals surface area contributed by atoms with Gasteiger partial charge in [-0.3, -0.25) is 9.38 Å². The molecule has 22 heavy (non-hydrogen) atoms. The Labute approximate surface area is 134 Å². The molecule has 4 nitrogen and oxygen atoms in total. The van der Waals surface area contributed by atoms with Gasteiger partial charge in [0.05, 0.1) is 11.9 Å².